The maximum absolute atomic E-state index is 12.0. The number of nitrogens with zero attached hydrogens (tertiary/aromatic N) is 4. The van der Waals surface area contributed by atoms with Crippen LogP contribution in [0.2, 0.25) is 0 Å². The Balaban J connectivity index is 1.78. The second-order valence-corrected chi connectivity index (χ2v) is 7.95. The number of primary amides is 1. The molecule has 2 aliphatic rings. The van der Waals surface area contributed by atoms with Crippen molar-refractivity contribution in [2.45, 2.75) is 49.0 Å². The molecule has 0 unspecified atom stereocenters. The molecule has 5 rings (SSSR count). The Morgan fingerprint density at radius 1 is 1.31 bits per heavy atom. The maximum Gasteiger partial charge on any atom is 0.269 e. The summed E-state index contributed by atoms with van der Waals surface area (Å²) in [5, 5.41) is 10.8. The summed E-state index contributed by atoms with van der Waals surface area (Å²) in [5.41, 5.74) is 7.70. The number of carbonyl (C=O) groups is 1. The zero-order valence-electron chi connectivity index (χ0n) is 14.5. The van der Waals surface area contributed by atoms with Gasteiger partial charge in [0.15, 0.2) is 10.9 Å². The molecule has 2 saturated heterocycles. The van der Waals surface area contributed by atoms with Crippen molar-refractivity contribution in [2.24, 2.45) is 5.73 Å². The van der Waals surface area contributed by atoms with Crippen LogP contribution in [0, 0.1) is 0 Å². The van der Waals surface area contributed by atoms with Crippen LogP contribution in [0.3, 0.4) is 0 Å². The lowest BCUT2D eigenvalue weighted by Gasteiger charge is -2.29. The quantitative estimate of drug-likeness (QED) is 0.543. The molecular formula is C18H20N6OS. The summed E-state index contributed by atoms with van der Waals surface area (Å²) >= 11 is 1.50. The van der Waals surface area contributed by atoms with Crippen molar-refractivity contribution in [3.05, 3.63) is 24.0 Å². The number of benzene rings is 1. The minimum atomic E-state index is -0.496. The smallest absolute Gasteiger partial charge is 0.269 e. The van der Waals surface area contributed by atoms with Gasteiger partial charge in [-0.3, -0.25) is 9.48 Å². The van der Waals surface area contributed by atoms with Gasteiger partial charge >= 0.3 is 0 Å². The molecule has 0 radical (unpaired) electrons. The normalized spacial score (nSPS) is 25.2. The van der Waals surface area contributed by atoms with Gasteiger partial charge in [0, 0.05) is 29.1 Å². The van der Waals surface area contributed by atoms with Crippen molar-refractivity contribution in [2.75, 3.05) is 6.26 Å². The fourth-order valence-corrected chi connectivity index (χ4v) is 4.81. The number of hydrogen-bond donors (Lipinski definition) is 2. The second-order valence-electron chi connectivity index (χ2n) is 7.18. The molecule has 1 amide bonds. The first-order valence-electron chi connectivity index (χ1n) is 8.92. The van der Waals surface area contributed by atoms with Gasteiger partial charge in [-0.15, -0.1) is 0 Å². The van der Waals surface area contributed by atoms with Crippen molar-refractivity contribution >= 4 is 39.5 Å². The number of thioether (sulfide) groups is 1. The highest BCUT2D eigenvalue weighted by Crippen LogP contribution is 2.37. The van der Waals surface area contributed by atoms with Crippen molar-refractivity contribution in [1.82, 2.24) is 25.1 Å². The molecule has 2 aromatic heterocycles. The lowest BCUT2D eigenvalue weighted by molar-refractivity contribution is 0.0995. The number of fused-ring (bicyclic) bond motifs is 5. The summed E-state index contributed by atoms with van der Waals surface area (Å²) in [6.45, 7) is 0. The number of nitrogens with one attached hydrogen (secondary N) is 1. The van der Waals surface area contributed by atoms with E-state index in [1.54, 1.807) is 0 Å². The van der Waals surface area contributed by atoms with Gasteiger partial charge in [0.25, 0.3) is 5.91 Å². The summed E-state index contributed by atoms with van der Waals surface area (Å²) in [4.78, 5) is 21.1. The molecule has 2 aliphatic heterocycles. The van der Waals surface area contributed by atoms with Crippen LogP contribution >= 0.6 is 11.8 Å². The number of rotatable bonds is 3. The van der Waals surface area contributed by atoms with E-state index in [-0.39, 0.29) is 6.04 Å². The Bertz CT molecular complexity index is 1020. The van der Waals surface area contributed by atoms with Crippen molar-refractivity contribution in [3.8, 4) is 0 Å². The van der Waals surface area contributed by atoms with Crippen LogP contribution in [0.25, 0.3) is 21.8 Å². The average Bonchev–Trinajstić information content (AvgIpc) is 3.21. The summed E-state index contributed by atoms with van der Waals surface area (Å²) in [7, 11) is 0. The van der Waals surface area contributed by atoms with E-state index >= 15 is 0 Å². The highest BCUT2D eigenvalue weighted by Gasteiger charge is 2.36. The molecular weight excluding hydrogens is 348 g/mol. The van der Waals surface area contributed by atoms with Gasteiger partial charge in [0.2, 0.25) is 0 Å². The summed E-state index contributed by atoms with van der Waals surface area (Å²) in [5.74, 6) is -0.496. The van der Waals surface area contributed by atoms with E-state index in [2.05, 4.69) is 15.4 Å². The first-order chi connectivity index (χ1) is 12.6. The first kappa shape index (κ1) is 16.0. The Morgan fingerprint density at radius 2 is 2.08 bits per heavy atom. The van der Waals surface area contributed by atoms with Gasteiger partial charge in [-0.2, -0.15) is 5.10 Å². The third-order valence-corrected chi connectivity index (χ3v) is 6.17. The van der Waals surface area contributed by atoms with Gasteiger partial charge in [-0.25, -0.2) is 9.97 Å². The number of piperidine rings is 1. The Labute approximate surface area is 154 Å². The van der Waals surface area contributed by atoms with Crippen molar-refractivity contribution < 1.29 is 4.79 Å². The van der Waals surface area contributed by atoms with E-state index in [0.717, 1.165) is 34.6 Å². The van der Waals surface area contributed by atoms with Crippen LogP contribution < -0.4 is 11.1 Å². The molecule has 4 heterocycles. The van der Waals surface area contributed by atoms with Gasteiger partial charge in [-0.1, -0.05) is 17.8 Å². The number of aromatic nitrogens is 4. The number of nitrogens with two attached hydrogens (primary N) is 1. The highest BCUT2D eigenvalue weighted by molar-refractivity contribution is 7.98. The molecule has 26 heavy (non-hydrogen) atoms. The fraction of sp³-hybridized carbons (Fsp3) is 0.444. The van der Waals surface area contributed by atoms with E-state index < -0.39 is 5.91 Å². The summed E-state index contributed by atoms with van der Waals surface area (Å²) in [6.07, 6.45) is 8.24. The third-order valence-electron chi connectivity index (χ3n) is 5.61. The number of hydrogen-bond acceptors (Lipinski definition) is 6. The van der Waals surface area contributed by atoms with Crippen molar-refractivity contribution in [3.63, 3.8) is 0 Å². The fourth-order valence-electron chi connectivity index (χ4n) is 4.47. The van der Waals surface area contributed by atoms with E-state index in [1.165, 1.54) is 24.6 Å². The number of amides is 1. The van der Waals surface area contributed by atoms with Crippen LogP contribution in [0.4, 0.5) is 0 Å². The lowest BCUT2D eigenvalue weighted by atomic mass is 9.99. The van der Waals surface area contributed by atoms with Crippen molar-refractivity contribution in [1.29, 1.82) is 0 Å². The van der Waals surface area contributed by atoms with Crippen LogP contribution in [0.15, 0.2) is 23.5 Å². The molecule has 3 atom stereocenters. The van der Waals surface area contributed by atoms with Gasteiger partial charge in [0.1, 0.15) is 5.52 Å². The zero-order chi connectivity index (χ0) is 17.8. The Kier molecular flexibility index (Phi) is 3.65. The molecule has 2 fully saturated rings. The predicted octanol–water partition coefficient (Wildman–Crippen LogP) is 2.26. The molecule has 134 valence electrons. The zero-order valence-corrected chi connectivity index (χ0v) is 15.3. The largest absolute Gasteiger partial charge is 0.364 e. The van der Waals surface area contributed by atoms with Gasteiger partial charge in [-0.05, 0) is 38.0 Å². The van der Waals surface area contributed by atoms with E-state index in [1.807, 2.05) is 29.3 Å². The standard InChI is InChI=1S/C18H20N6OS/c1-26-18-20-8-9-2-5-13-15(17(19)25)23-24(16(13)14(9)22-18)12-6-10-3-4-11(7-12)21-10/h2,5,8,10-12,21H,3-4,6-7H2,1H3,(H2,19,25)/t10-,11+,12-. The molecule has 0 saturated carbocycles. The van der Waals surface area contributed by atoms with Crippen LogP contribution in [0.1, 0.15) is 42.2 Å². The Morgan fingerprint density at radius 3 is 2.77 bits per heavy atom. The van der Waals surface area contributed by atoms with Gasteiger partial charge < -0.3 is 11.1 Å². The highest BCUT2D eigenvalue weighted by atomic mass is 32.2. The first-order valence-corrected chi connectivity index (χ1v) is 10.1. The minimum Gasteiger partial charge on any atom is -0.364 e. The predicted molar refractivity (Wildman–Crippen MR) is 101 cm³/mol. The molecule has 8 heteroatoms. The van der Waals surface area contributed by atoms with Crippen LogP contribution in [0.5, 0.6) is 0 Å². The summed E-state index contributed by atoms with van der Waals surface area (Å²) in [6, 6.07) is 5.16. The van der Waals surface area contributed by atoms with Crippen LogP contribution in [-0.4, -0.2) is 44.0 Å². The molecule has 1 aromatic carbocycles. The topological polar surface area (TPSA) is 98.7 Å². The molecule has 3 N–H and O–H groups in total. The maximum atomic E-state index is 12.0. The monoisotopic (exact) mass is 368 g/mol. The van der Waals surface area contributed by atoms with E-state index in [9.17, 15) is 4.79 Å². The molecule has 0 spiro atoms. The Hall–Kier alpha value is -2.19. The molecule has 0 aliphatic carbocycles. The molecule has 2 bridgehead atoms. The van der Waals surface area contributed by atoms with Crippen LogP contribution in [-0.2, 0) is 0 Å². The number of carbonyl (C=O) groups excluding carboxylic acids is 1. The third kappa shape index (κ3) is 2.39. The SMILES string of the molecule is CSc1ncc2ccc3c(C(N)=O)nn([C@@H]4C[C@H]5CC[C@@H](C4)N5)c3c2n1. The minimum absolute atomic E-state index is 0.252. The molecule has 3 aromatic rings. The van der Waals surface area contributed by atoms with E-state index in [4.69, 9.17) is 10.7 Å². The van der Waals surface area contributed by atoms with Gasteiger partial charge in [0.05, 0.1) is 11.6 Å². The van der Waals surface area contributed by atoms with E-state index in [0.29, 0.717) is 22.9 Å². The molecule has 7 nitrogen and oxygen atoms in total. The summed E-state index contributed by atoms with van der Waals surface area (Å²) < 4.78 is 2.01. The second kappa shape index (κ2) is 5.92. The lowest BCUT2D eigenvalue weighted by Crippen LogP contribution is -2.39. The average molecular weight is 368 g/mol.